The van der Waals surface area contributed by atoms with Crippen molar-refractivity contribution >= 4 is 15.9 Å². The Morgan fingerprint density at radius 3 is 2.88 bits per heavy atom. The maximum atomic E-state index is 9.39. The first-order valence-corrected chi connectivity index (χ1v) is 7.07. The van der Waals surface area contributed by atoms with Crippen LogP contribution in [0.4, 0.5) is 0 Å². The number of aliphatic hydroxyl groups excluding tert-OH is 1. The van der Waals surface area contributed by atoms with Crippen LogP contribution in [0.15, 0.2) is 22.7 Å². The van der Waals surface area contributed by atoms with Crippen LogP contribution in [0.5, 0.6) is 0 Å². The second-order valence-electron chi connectivity index (χ2n) is 5.10. The van der Waals surface area contributed by atoms with Crippen molar-refractivity contribution in [3.8, 4) is 0 Å². The van der Waals surface area contributed by atoms with Gasteiger partial charge in [0.25, 0.3) is 0 Å². The smallest absolute Gasteiger partial charge is 0.0587 e. The molecule has 94 valence electrons. The molecule has 0 fully saturated rings. The highest BCUT2D eigenvalue weighted by Gasteiger charge is 2.26. The van der Waals surface area contributed by atoms with E-state index in [0.29, 0.717) is 12.0 Å². The standard InChI is InChI=1S/C14H20BrNO/c1-9(2)14(8-17)16-13-7-6-10-11(13)4-3-5-12(10)15/h3-5,9,13-14,16-17H,6-8H2,1-2H3. The van der Waals surface area contributed by atoms with Crippen molar-refractivity contribution in [2.24, 2.45) is 5.92 Å². The molecule has 2 unspecified atom stereocenters. The molecule has 1 aliphatic carbocycles. The number of benzene rings is 1. The number of hydrogen-bond acceptors (Lipinski definition) is 2. The summed E-state index contributed by atoms with van der Waals surface area (Å²) in [4.78, 5) is 0. The zero-order valence-electron chi connectivity index (χ0n) is 10.4. The summed E-state index contributed by atoms with van der Waals surface area (Å²) in [6, 6.07) is 6.96. The average Bonchev–Trinajstić information content (AvgIpc) is 2.70. The Morgan fingerprint density at radius 1 is 1.47 bits per heavy atom. The minimum Gasteiger partial charge on any atom is -0.395 e. The highest BCUT2D eigenvalue weighted by atomic mass is 79.9. The van der Waals surface area contributed by atoms with Gasteiger partial charge in [-0.2, -0.15) is 0 Å². The molecule has 1 aromatic rings. The minimum absolute atomic E-state index is 0.185. The number of rotatable bonds is 4. The van der Waals surface area contributed by atoms with Gasteiger partial charge < -0.3 is 10.4 Å². The minimum atomic E-state index is 0.185. The molecule has 2 nitrogen and oxygen atoms in total. The van der Waals surface area contributed by atoms with Gasteiger partial charge >= 0.3 is 0 Å². The molecule has 0 radical (unpaired) electrons. The molecule has 0 heterocycles. The Balaban J connectivity index is 2.14. The Kier molecular flexibility index (Phi) is 4.23. The molecular weight excluding hydrogens is 278 g/mol. The number of hydrogen-bond donors (Lipinski definition) is 2. The van der Waals surface area contributed by atoms with E-state index in [1.165, 1.54) is 15.6 Å². The van der Waals surface area contributed by atoms with Crippen molar-refractivity contribution < 1.29 is 5.11 Å². The van der Waals surface area contributed by atoms with Crippen LogP contribution in [0.1, 0.15) is 37.4 Å². The summed E-state index contributed by atoms with van der Waals surface area (Å²) in [6.45, 7) is 4.49. The second-order valence-corrected chi connectivity index (χ2v) is 5.95. The van der Waals surface area contributed by atoms with E-state index in [0.717, 1.165) is 12.8 Å². The van der Waals surface area contributed by atoms with Gasteiger partial charge in [0.15, 0.2) is 0 Å². The maximum absolute atomic E-state index is 9.39. The molecular formula is C14H20BrNO. The van der Waals surface area contributed by atoms with Crippen molar-refractivity contribution in [2.45, 2.75) is 38.8 Å². The lowest BCUT2D eigenvalue weighted by Crippen LogP contribution is -2.38. The van der Waals surface area contributed by atoms with E-state index in [1.54, 1.807) is 0 Å². The quantitative estimate of drug-likeness (QED) is 0.895. The van der Waals surface area contributed by atoms with Crippen LogP contribution in [0.2, 0.25) is 0 Å². The highest BCUT2D eigenvalue weighted by molar-refractivity contribution is 9.10. The Bertz CT molecular complexity index is 392. The highest BCUT2D eigenvalue weighted by Crippen LogP contribution is 2.36. The summed E-state index contributed by atoms with van der Waals surface area (Å²) >= 11 is 3.61. The Labute approximate surface area is 112 Å². The van der Waals surface area contributed by atoms with E-state index in [2.05, 4.69) is 53.3 Å². The summed E-state index contributed by atoms with van der Waals surface area (Å²) < 4.78 is 1.21. The van der Waals surface area contributed by atoms with E-state index in [1.807, 2.05) is 0 Å². The second kappa shape index (κ2) is 5.51. The van der Waals surface area contributed by atoms with Gasteiger partial charge in [-0.1, -0.05) is 41.9 Å². The SMILES string of the molecule is CC(C)C(CO)NC1CCc2c(Br)cccc21. The summed E-state index contributed by atoms with van der Waals surface area (Å²) in [7, 11) is 0. The maximum Gasteiger partial charge on any atom is 0.0587 e. The number of halogens is 1. The largest absolute Gasteiger partial charge is 0.395 e. The Morgan fingerprint density at radius 2 is 2.24 bits per heavy atom. The lowest BCUT2D eigenvalue weighted by Gasteiger charge is -2.25. The molecule has 0 saturated carbocycles. The van der Waals surface area contributed by atoms with Crippen LogP contribution in [-0.4, -0.2) is 17.8 Å². The molecule has 2 N–H and O–H groups in total. The molecule has 0 aromatic heterocycles. The summed E-state index contributed by atoms with van der Waals surface area (Å²) in [5, 5.41) is 13.0. The predicted molar refractivity (Wildman–Crippen MR) is 74.1 cm³/mol. The molecule has 17 heavy (non-hydrogen) atoms. The summed E-state index contributed by atoms with van der Waals surface area (Å²) in [6.07, 6.45) is 2.24. The van der Waals surface area contributed by atoms with Gasteiger partial charge in [0.1, 0.15) is 0 Å². The molecule has 2 rings (SSSR count). The average molecular weight is 298 g/mol. The molecule has 2 atom stereocenters. The third-order valence-corrected chi connectivity index (χ3v) is 4.37. The number of nitrogens with one attached hydrogen (secondary N) is 1. The fourth-order valence-corrected chi connectivity index (χ4v) is 3.08. The molecule has 3 heteroatoms. The van der Waals surface area contributed by atoms with Crippen LogP contribution in [0, 0.1) is 5.92 Å². The van der Waals surface area contributed by atoms with E-state index in [9.17, 15) is 5.11 Å². The molecule has 0 spiro atoms. The van der Waals surface area contributed by atoms with Crippen LogP contribution in [0.25, 0.3) is 0 Å². The zero-order valence-corrected chi connectivity index (χ0v) is 12.0. The van der Waals surface area contributed by atoms with Crippen molar-refractivity contribution in [3.05, 3.63) is 33.8 Å². The van der Waals surface area contributed by atoms with Crippen LogP contribution in [0.3, 0.4) is 0 Å². The number of fused-ring (bicyclic) bond motifs is 1. The molecule has 0 bridgehead atoms. The van der Waals surface area contributed by atoms with Gasteiger partial charge in [-0.15, -0.1) is 0 Å². The fraction of sp³-hybridized carbons (Fsp3) is 0.571. The fourth-order valence-electron chi connectivity index (χ4n) is 2.50. The third-order valence-electron chi connectivity index (χ3n) is 3.63. The first-order valence-electron chi connectivity index (χ1n) is 6.27. The zero-order chi connectivity index (χ0) is 12.4. The summed E-state index contributed by atoms with van der Waals surface area (Å²) in [5.74, 6) is 0.455. The molecule has 0 aliphatic heterocycles. The van der Waals surface area contributed by atoms with Crippen LogP contribution in [-0.2, 0) is 6.42 Å². The monoisotopic (exact) mass is 297 g/mol. The van der Waals surface area contributed by atoms with Gasteiger partial charge in [0, 0.05) is 16.6 Å². The van der Waals surface area contributed by atoms with Gasteiger partial charge in [-0.25, -0.2) is 0 Å². The third kappa shape index (κ3) is 2.72. The molecule has 0 amide bonds. The van der Waals surface area contributed by atoms with Crippen LogP contribution >= 0.6 is 15.9 Å². The number of aliphatic hydroxyl groups is 1. The van der Waals surface area contributed by atoms with E-state index < -0.39 is 0 Å². The van der Waals surface area contributed by atoms with Gasteiger partial charge in [-0.3, -0.25) is 0 Å². The predicted octanol–water partition coefficient (Wildman–Crippen LogP) is 3.04. The van der Waals surface area contributed by atoms with E-state index >= 15 is 0 Å². The van der Waals surface area contributed by atoms with E-state index in [-0.39, 0.29) is 12.6 Å². The first-order chi connectivity index (χ1) is 8.13. The molecule has 1 aromatic carbocycles. The van der Waals surface area contributed by atoms with Crippen molar-refractivity contribution in [3.63, 3.8) is 0 Å². The first kappa shape index (κ1) is 13.1. The normalized spacial score (nSPS) is 20.6. The lowest BCUT2D eigenvalue weighted by atomic mass is 10.0. The lowest BCUT2D eigenvalue weighted by molar-refractivity contribution is 0.199. The summed E-state index contributed by atoms with van der Waals surface area (Å²) in [5.41, 5.74) is 2.81. The topological polar surface area (TPSA) is 32.3 Å². The van der Waals surface area contributed by atoms with Gasteiger partial charge in [0.2, 0.25) is 0 Å². The van der Waals surface area contributed by atoms with Gasteiger partial charge in [-0.05, 0) is 36.0 Å². The molecule has 1 aliphatic rings. The van der Waals surface area contributed by atoms with Crippen molar-refractivity contribution in [1.29, 1.82) is 0 Å². The van der Waals surface area contributed by atoms with Crippen molar-refractivity contribution in [2.75, 3.05) is 6.61 Å². The van der Waals surface area contributed by atoms with Crippen molar-refractivity contribution in [1.82, 2.24) is 5.32 Å². The van der Waals surface area contributed by atoms with Gasteiger partial charge in [0.05, 0.1) is 6.61 Å². The Hall–Kier alpha value is -0.380. The van der Waals surface area contributed by atoms with Crippen LogP contribution < -0.4 is 5.32 Å². The molecule has 0 saturated heterocycles. The van der Waals surface area contributed by atoms with E-state index in [4.69, 9.17) is 0 Å².